The molecule has 0 heterocycles. The van der Waals surface area contributed by atoms with E-state index in [0.29, 0.717) is 0 Å². The average molecular weight is 336 g/mol. The van der Waals surface area contributed by atoms with Crippen LogP contribution in [-0.2, 0) is 39.7 Å². The largest absolute Gasteiger partial charge is 0 e. The van der Waals surface area contributed by atoms with Crippen molar-refractivity contribution in [2.75, 3.05) is 0 Å². The summed E-state index contributed by atoms with van der Waals surface area (Å²) in [5.41, 5.74) is 0. The van der Waals surface area contributed by atoms with Gasteiger partial charge in [-0.15, -0.1) is 0 Å². The molecule has 0 unspecified atom stereocenters. The predicted octanol–water partition coefficient (Wildman–Crippen LogP) is -1.12. The van der Waals surface area contributed by atoms with Crippen LogP contribution in [0.1, 0.15) is 0 Å². The van der Waals surface area contributed by atoms with Crippen LogP contribution in [0.2, 0.25) is 0 Å². The van der Waals surface area contributed by atoms with Gasteiger partial charge in [-0.1, -0.05) is 0 Å². The van der Waals surface area contributed by atoms with E-state index in [4.69, 9.17) is 7.52 Å². The van der Waals surface area contributed by atoms with E-state index in [-0.39, 0.29) is 20.4 Å². The first-order valence-corrected chi connectivity index (χ1v) is 2.32. The Bertz CT molecular complexity index is 6.00. The smallest absolute Gasteiger partial charge is 0 e. The second-order valence-corrected chi connectivity index (χ2v) is 0.518. The second kappa shape index (κ2) is 8.86. The normalized spacial score (nSPS) is 5.50. The molecule has 0 aromatic carbocycles. The summed E-state index contributed by atoms with van der Waals surface area (Å²) in [4.78, 5) is 0. The van der Waals surface area contributed by atoms with Crippen molar-refractivity contribution in [1.82, 2.24) is 0 Å². The van der Waals surface area contributed by atoms with Crippen LogP contribution in [0.3, 0.4) is 0 Å². The molecule has 0 spiro atoms. The predicted molar refractivity (Wildman–Crippen MR) is 4.44 cm³/mol. The molecule has 2 N–H and O–H groups in total. The van der Waals surface area contributed by atoms with E-state index >= 15 is 0 Å². The van der Waals surface area contributed by atoms with Gasteiger partial charge < -0.3 is 0 Å². The summed E-state index contributed by atoms with van der Waals surface area (Å²) in [6.45, 7) is 0. The van der Waals surface area contributed by atoms with Crippen LogP contribution in [0.25, 0.3) is 0 Å². The summed E-state index contributed by atoms with van der Waals surface area (Å²) >= 11 is -1.42. The van der Waals surface area contributed by atoms with Crippen molar-refractivity contribution in [3.05, 3.63) is 0 Å². The fraction of sp³-hybridized carbons (Fsp3) is 0. The van der Waals surface area contributed by atoms with Gasteiger partial charge >= 0.3 is 26.8 Å². The summed E-state index contributed by atoms with van der Waals surface area (Å²) in [5.74, 6) is 0. The fourth-order valence-corrected chi connectivity index (χ4v) is 0. The minimum atomic E-state index is -1.42. The average Bonchev–Trinajstić information content (AvgIpc) is 0.918. The number of rotatable bonds is 0. The van der Waals surface area contributed by atoms with Crippen molar-refractivity contribution in [1.29, 1.82) is 0 Å². The quantitative estimate of drug-likeness (QED) is 0.551. The third-order valence-electron chi connectivity index (χ3n) is 0. The Kier molecular flexibility index (Phi) is 19.9. The maximum absolute atomic E-state index is 7.24. The van der Waals surface area contributed by atoms with Gasteiger partial charge in [-0.3, -0.25) is 0 Å². The molecular weight excluding hydrogens is 333 g/mol. The van der Waals surface area contributed by atoms with Gasteiger partial charge in [0.15, 0.2) is 0 Å². The monoisotopic (exact) mass is 335 g/mol. The van der Waals surface area contributed by atoms with Gasteiger partial charge in [0.25, 0.3) is 0 Å². The zero-order valence-electron chi connectivity index (χ0n) is 1.53. The molecule has 0 fully saturated rings. The fourth-order valence-electron chi connectivity index (χ4n) is 0. The Morgan fingerprint density at radius 2 is 1.25 bits per heavy atom. The topological polar surface area (TPSA) is 40.5 Å². The first-order valence-electron chi connectivity index (χ1n) is 0.283. The van der Waals surface area contributed by atoms with Gasteiger partial charge in [0, 0.05) is 20.4 Å². The van der Waals surface area contributed by atoms with Crippen LogP contribution in [0, 0.1) is 0 Å². The minimum Gasteiger partial charge on any atom is 0 e. The zero-order valence-corrected chi connectivity index (χ0v) is 5.35. The first kappa shape index (κ1) is 8.99. The molecule has 0 saturated heterocycles. The van der Waals surface area contributed by atoms with Gasteiger partial charge in [-0.05, 0) is 0 Å². The van der Waals surface area contributed by atoms with Crippen LogP contribution in [-0.4, -0.2) is 7.52 Å². The molecule has 4 heteroatoms. The molecule has 0 radical (unpaired) electrons. The second-order valence-electron chi connectivity index (χ2n) is 0.0632. The van der Waals surface area contributed by atoms with Gasteiger partial charge in [-0.25, -0.2) is 0 Å². The van der Waals surface area contributed by atoms with Crippen LogP contribution in [0.5, 0.6) is 0 Å². The standard InChI is InChI=1S/2H2O.Pd.Pt/h2*1H2;;/q;;;+2/p-2. The Hall–Kier alpha value is 1.27. The number of hydrogen-bond acceptors (Lipinski definition) is 2. The summed E-state index contributed by atoms with van der Waals surface area (Å²) < 4.78 is 14.5. The first-order chi connectivity index (χ1) is 1.41. The summed E-state index contributed by atoms with van der Waals surface area (Å²) in [5, 5.41) is 0. The van der Waals surface area contributed by atoms with Gasteiger partial charge in [0.05, 0.1) is 0 Å². The molecule has 34 valence electrons. The van der Waals surface area contributed by atoms with Crippen LogP contribution >= 0.6 is 0 Å². The van der Waals surface area contributed by atoms with E-state index in [2.05, 4.69) is 0 Å². The van der Waals surface area contributed by atoms with Crippen molar-refractivity contribution in [2.24, 2.45) is 0 Å². The zero-order chi connectivity index (χ0) is 2.71. The SMILES string of the molecule is [OH][Pt][OH].[Pd]. The van der Waals surface area contributed by atoms with Gasteiger partial charge in [0.1, 0.15) is 0 Å². The van der Waals surface area contributed by atoms with E-state index in [9.17, 15) is 0 Å². The van der Waals surface area contributed by atoms with Crippen molar-refractivity contribution in [3.63, 3.8) is 0 Å². The molecule has 2 nitrogen and oxygen atoms in total. The Balaban J connectivity index is 0. The molecule has 0 aliphatic rings. The maximum Gasteiger partial charge on any atom is 0 e. The molecule has 0 aromatic rings. The molecule has 0 amide bonds. The van der Waals surface area contributed by atoms with E-state index < -0.39 is 19.3 Å². The Morgan fingerprint density at radius 3 is 1.25 bits per heavy atom. The van der Waals surface area contributed by atoms with Crippen molar-refractivity contribution in [2.45, 2.75) is 0 Å². The van der Waals surface area contributed by atoms with Gasteiger partial charge in [-0.2, -0.15) is 0 Å². The van der Waals surface area contributed by atoms with E-state index in [1.165, 1.54) is 0 Å². The summed E-state index contributed by atoms with van der Waals surface area (Å²) in [7, 11) is 0. The summed E-state index contributed by atoms with van der Waals surface area (Å²) in [6.07, 6.45) is 0. The van der Waals surface area contributed by atoms with Crippen LogP contribution in [0.15, 0.2) is 0 Å². The van der Waals surface area contributed by atoms with E-state index in [1.54, 1.807) is 0 Å². The van der Waals surface area contributed by atoms with Crippen molar-refractivity contribution in [3.8, 4) is 0 Å². The Labute approximate surface area is 47.3 Å². The van der Waals surface area contributed by atoms with Crippen molar-refractivity contribution >= 4 is 0 Å². The molecule has 0 aromatic heterocycles. The molecule has 0 rings (SSSR count). The van der Waals surface area contributed by atoms with Gasteiger partial charge in [0.2, 0.25) is 0 Å². The maximum atomic E-state index is 7.24. The molecule has 0 aliphatic heterocycles. The molecule has 0 aliphatic carbocycles. The van der Waals surface area contributed by atoms with Crippen LogP contribution in [0.4, 0.5) is 0 Å². The third-order valence-corrected chi connectivity index (χ3v) is 0. The van der Waals surface area contributed by atoms with Crippen LogP contribution < -0.4 is 0 Å². The van der Waals surface area contributed by atoms with E-state index in [1.807, 2.05) is 0 Å². The molecule has 0 bridgehead atoms. The summed E-state index contributed by atoms with van der Waals surface area (Å²) in [6, 6.07) is 0. The third kappa shape index (κ3) is 10.4. The van der Waals surface area contributed by atoms with Crippen molar-refractivity contribution < 1.29 is 47.3 Å². The molecule has 0 atom stereocenters. The molecule has 4 heavy (non-hydrogen) atoms. The minimum absolute atomic E-state index is 0. The Morgan fingerprint density at radius 1 is 1.25 bits per heavy atom. The molecular formula is H2O2PdPt. The van der Waals surface area contributed by atoms with E-state index in [0.717, 1.165) is 0 Å². The molecule has 0 saturated carbocycles. The number of hydrogen-bond donors (Lipinski definition) is 2.